The first-order valence-corrected chi connectivity index (χ1v) is 11.3. The van der Waals surface area contributed by atoms with Gasteiger partial charge in [0.1, 0.15) is 0 Å². The van der Waals surface area contributed by atoms with Gasteiger partial charge < -0.3 is 9.80 Å². The van der Waals surface area contributed by atoms with E-state index in [-0.39, 0.29) is 5.41 Å². The van der Waals surface area contributed by atoms with Crippen LogP contribution < -0.4 is 0 Å². The number of rotatable bonds is 7. The summed E-state index contributed by atoms with van der Waals surface area (Å²) in [5.41, 5.74) is 2.27. The Morgan fingerprint density at radius 2 is 1.38 bits per heavy atom. The lowest BCUT2D eigenvalue weighted by Gasteiger charge is -2.31. The molecule has 0 N–H and O–H groups in total. The van der Waals surface area contributed by atoms with Crippen molar-refractivity contribution in [1.29, 1.82) is 0 Å². The van der Waals surface area contributed by atoms with Crippen LogP contribution in [0.25, 0.3) is 0 Å². The van der Waals surface area contributed by atoms with E-state index in [2.05, 4.69) is 64.4 Å². The van der Waals surface area contributed by atoms with Crippen LogP contribution in [0.1, 0.15) is 49.7 Å². The van der Waals surface area contributed by atoms with Gasteiger partial charge in [-0.15, -0.1) is 0 Å². The van der Waals surface area contributed by atoms with Crippen molar-refractivity contribution in [2.75, 3.05) is 26.2 Å². The number of amides is 1. The molecule has 2 aliphatic heterocycles. The Morgan fingerprint density at radius 3 is 2.03 bits per heavy atom. The third-order valence-electron chi connectivity index (χ3n) is 6.81. The molecule has 2 fully saturated rings. The third kappa shape index (κ3) is 5.08. The molecule has 2 heterocycles. The van der Waals surface area contributed by atoms with Crippen LogP contribution in [0.15, 0.2) is 60.7 Å². The quantitative estimate of drug-likeness (QED) is 0.670. The van der Waals surface area contributed by atoms with Crippen molar-refractivity contribution < 1.29 is 4.79 Å². The lowest BCUT2D eigenvalue weighted by molar-refractivity contribution is -0.137. The van der Waals surface area contributed by atoms with Crippen LogP contribution in [0.2, 0.25) is 0 Å². The SMILES string of the molecule is O=C1N(Cc2ccccc2)CCC1(CCN1CCCCCC1)Cc1ccccc1. The van der Waals surface area contributed by atoms with Gasteiger partial charge in [0.05, 0.1) is 5.41 Å². The molecule has 4 rings (SSSR count). The van der Waals surface area contributed by atoms with Crippen molar-refractivity contribution in [2.24, 2.45) is 5.41 Å². The second-order valence-corrected chi connectivity index (χ2v) is 8.91. The molecule has 2 aromatic rings. The van der Waals surface area contributed by atoms with E-state index in [9.17, 15) is 4.79 Å². The number of carbonyl (C=O) groups excluding carboxylic acids is 1. The molecule has 0 aromatic heterocycles. The zero-order valence-corrected chi connectivity index (χ0v) is 17.6. The van der Waals surface area contributed by atoms with Gasteiger partial charge >= 0.3 is 0 Å². The summed E-state index contributed by atoms with van der Waals surface area (Å²) in [5.74, 6) is 0.361. The molecule has 0 saturated carbocycles. The molecule has 154 valence electrons. The normalized spacial score (nSPS) is 23.3. The minimum Gasteiger partial charge on any atom is -0.338 e. The highest BCUT2D eigenvalue weighted by atomic mass is 16.2. The average molecular weight is 391 g/mol. The van der Waals surface area contributed by atoms with Crippen molar-refractivity contribution in [3.8, 4) is 0 Å². The molecule has 1 unspecified atom stereocenters. The van der Waals surface area contributed by atoms with Gasteiger partial charge in [0, 0.05) is 13.1 Å². The van der Waals surface area contributed by atoms with Gasteiger partial charge in [-0.25, -0.2) is 0 Å². The smallest absolute Gasteiger partial charge is 0.229 e. The Kier molecular flexibility index (Phi) is 6.66. The number of nitrogens with zero attached hydrogens (tertiary/aromatic N) is 2. The summed E-state index contributed by atoms with van der Waals surface area (Å²) in [6, 6.07) is 21.0. The maximum Gasteiger partial charge on any atom is 0.229 e. The second-order valence-electron chi connectivity index (χ2n) is 8.91. The second kappa shape index (κ2) is 9.58. The predicted octanol–water partition coefficient (Wildman–Crippen LogP) is 4.91. The average Bonchev–Trinajstić information content (AvgIpc) is 2.93. The lowest BCUT2D eigenvalue weighted by Crippen LogP contribution is -2.39. The first-order valence-electron chi connectivity index (χ1n) is 11.3. The van der Waals surface area contributed by atoms with Crippen molar-refractivity contribution in [3.63, 3.8) is 0 Å². The first-order chi connectivity index (χ1) is 14.3. The van der Waals surface area contributed by atoms with Crippen LogP contribution >= 0.6 is 0 Å². The van der Waals surface area contributed by atoms with E-state index in [1.165, 1.54) is 49.9 Å². The molecular formula is C26H34N2O. The molecule has 0 aliphatic carbocycles. The molecule has 0 spiro atoms. The van der Waals surface area contributed by atoms with Gasteiger partial charge in [0.25, 0.3) is 0 Å². The number of benzene rings is 2. The molecule has 0 radical (unpaired) electrons. The van der Waals surface area contributed by atoms with Gasteiger partial charge in [-0.2, -0.15) is 0 Å². The maximum absolute atomic E-state index is 13.7. The summed E-state index contributed by atoms with van der Waals surface area (Å²) in [7, 11) is 0. The molecular weight excluding hydrogens is 356 g/mol. The number of carbonyl (C=O) groups is 1. The van der Waals surface area contributed by atoms with E-state index in [4.69, 9.17) is 0 Å². The zero-order chi connectivity index (χ0) is 19.9. The molecule has 2 aliphatic rings. The fourth-order valence-corrected chi connectivity index (χ4v) is 5.05. The monoisotopic (exact) mass is 390 g/mol. The van der Waals surface area contributed by atoms with Crippen LogP contribution in [0, 0.1) is 5.41 Å². The molecule has 2 saturated heterocycles. The van der Waals surface area contributed by atoms with Crippen molar-refractivity contribution >= 4 is 5.91 Å². The maximum atomic E-state index is 13.7. The van der Waals surface area contributed by atoms with Crippen LogP contribution in [0.4, 0.5) is 0 Å². The number of hydrogen-bond donors (Lipinski definition) is 0. The molecule has 3 nitrogen and oxygen atoms in total. The molecule has 3 heteroatoms. The summed E-state index contributed by atoms with van der Waals surface area (Å²) in [6.07, 6.45) is 8.14. The van der Waals surface area contributed by atoms with E-state index < -0.39 is 0 Å². The van der Waals surface area contributed by atoms with Gasteiger partial charge in [-0.1, -0.05) is 73.5 Å². The van der Waals surface area contributed by atoms with Gasteiger partial charge in [-0.05, 0) is 62.9 Å². The topological polar surface area (TPSA) is 23.6 Å². The van der Waals surface area contributed by atoms with E-state index in [0.29, 0.717) is 5.91 Å². The van der Waals surface area contributed by atoms with Crippen molar-refractivity contribution in [1.82, 2.24) is 9.80 Å². The molecule has 0 bridgehead atoms. The minimum atomic E-state index is -0.248. The lowest BCUT2D eigenvalue weighted by atomic mass is 9.77. The van der Waals surface area contributed by atoms with Gasteiger partial charge in [0.2, 0.25) is 5.91 Å². The molecule has 2 aromatic carbocycles. The Bertz CT molecular complexity index is 768. The summed E-state index contributed by atoms with van der Waals surface area (Å²) in [5, 5.41) is 0. The largest absolute Gasteiger partial charge is 0.338 e. The highest BCUT2D eigenvalue weighted by Gasteiger charge is 2.46. The third-order valence-corrected chi connectivity index (χ3v) is 6.81. The van der Waals surface area contributed by atoms with Crippen molar-refractivity contribution in [3.05, 3.63) is 71.8 Å². The molecule has 1 atom stereocenters. The van der Waals surface area contributed by atoms with Crippen LogP contribution in [-0.4, -0.2) is 41.9 Å². The highest BCUT2D eigenvalue weighted by Crippen LogP contribution is 2.40. The van der Waals surface area contributed by atoms with Crippen LogP contribution in [0.5, 0.6) is 0 Å². The Labute approximate surface area is 175 Å². The standard InChI is InChI=1S/C26H34N2O/c29-25-26(21-23-11-5-3-6-12-23,15-19-27-17-9-1-2-10-18-27)16-20-28(25)22-24-13-7-4-8-14-24/h3-8,11-14H,1-2,9-10,15-22H2. The number of likely N-dealkylation sites (tertiary alicyclic amines) is 2. The summed E-state index contributed by atoms with van der Waals surface area (Å²) in [6.45, 7) is 5.06. The minimum absolute atomic E-state index is 0.248. The first kappa shape index (κ1) is 20.2. The fourth-order valence-electron chi connectivity index (χ4n) is 5.05. The fraction of sp³-hybridized carbons (Fsp3) is 0.500. The summed E-state index contributed by atoms with van der Waals surface area (Å²) < 4.78 is 0. The zero-order valence-electron chi connectivity index (χ0n) is 17.6. The highest BCUT2D eigenvalue weighted by molar-refractivity contribution is 5.85. The molecule has 1 amide bonds. The Balaban J connectivity index is 1.49. The summed E-state index contributed by atoms with van der Waals surface area (Å²) >= 11 is 0. The van der Waals surface area contributed by atoms with E-state index in [0.717, 1.165) is 38.9 Å². The molecule has 29 heavy (non-hydrogen) atoms. The predicted molar refractivity (Wildman–Crippen MR) is 119 cm³/mol. The Hall–Kier alpha value is -2.13. The van der Waals surface area contributed by atoms with Crippen molar-refractivity contribution in [2.45, 2.75) is 51.5 Å². The Morgan fingerprint density at radius 1 is 0.759 bits per heavy atom. The van der Waals surface area contributed by atoms with E-state index in [1.54, 1.807) is 0 Å². The number of hydrogen-bond acceptors (Lipinski definition) is 2. The van der Waals surface area contributed by atoms with Crippen LogP contribution in [0.3, 0.4) is 0 Å². The summed E-state index contributed by atoms with van der Waals surface area (Å²) in [4.78, 5) is 18.4. The van der Waals surface area contributed by atoms with Gasteiger partial charge in [0.15, 0.2) is 0 Å². The van der Waals surface area contributed by atoms with E-state index in [1.807, 2.05) is 6.07 Å². The van der Waals surface area contributed by atoms with Crippen LogP contribution in [-0.2, 0) is 17.8 Å². The van der Waals surface area contributed by atoms with Gasteiger partial charge in [-0.3, -0.25) is 4.79 Å². The van der Waals surface area contributed by atoms with E-state index >= 15 is 0 Å².